The van der Waals surface area contributed by atoms with Gasteiger partial charge >= 0.3 is 5.97 Å². The normalized spacial score (nSPS) is 29.2. The number of ether oxygens (including phenoxy) is 2. The van der Waals surface area contributed by atoms with Crippen molar-refractivity contribution in [1.82, 2.24) is 0 Å². The van der Waals surface area contributed by atoms with E-state index in [1.54, 1.807) is 12.1 Å². The lowest BCUT2D eigenvalue weighted by Gasteiger charge is -2.45. The Morgan fingerprint density at radius 2 is 1.61 bits per heavy atom. The fraction of sp³-hybridized carbons (Fsp3) is 0.550. The molecule has 0 aliphatic carbocycles. The molecular formula is C20H26BrNO8S3. The van der Waals surface area contributed by atoms with E-state index in [0.717, 1.165) is 24.4 Å². The molecule has 0 saturated carbocycles. The zero-order valence-corrected chi connectivity index (χ0v) is 22.3. The molecule has 1 unspecified atom stereocenters. The molecular weight excluding hydrogens is 558 g/mol. The largest absolute Gasteiger partial charge is 0.726 e. The summed E-state index contributed by atoms with van der Waals surface area (Å²) in [5.74, 6) is -0.561. The van der Waals surface area contributed by atoms with Gasteiger partial charge in [0.05, 0.1) is 31.0 Å². The maximum Gasteiger partial charge on any atom is 0.349 e. The number of thiophene rings is 2. The first-order valence-electron chi connectivity index (χ1n) is 10.00. The highest BCUT2D eigenvalue weighted by molar-refractivity contribution is 8.93. The molecule has 3 fully saturated rings. The molecule has 0 spiro atoms. The van der Waals surface area contributed by atoms with Gasteiger partial charge in [0, 0.05) is 12.8 Å². The van der Waals surface area contributed by atoms with Crippen molar-refractivity contribution in [3.05, 3.63) is 44.8 Å². The molecule has 1 N–H and O–H groups in total. The Bertz CT molecular complexity index is 1000. The third kappa shape index (κ3) is 5.07. The van der Waals surface area contributed by atoms with Gasteiger partial charge in [0.1, 0.15) is 30.4 Å². The van der Waals surface area contributed by atoms with Crippen LogP contribution >= 0.6 is 39.7 Å². The minimum Gasteiger partial charge on any atom is -0.726 e. The fourth-order valence-corrected chi connectivity index (χ4v) is 6.54. The standard InChI is InChI=1S/C19H22NO4S2.CH4O4S.BrH/c1-20(2)12-9-11(10-13(20)17-16(12)24-17)23-18(21)19(22,14-5-3-7-25-14)15-6-4-8-26-15;1-5-6(2,3)4;/h3-8,11-13,16-17,22H,9-10H2,1-2H3;1H3,(H,2,3,4);1H/q+1;;/p-1/t11?,12-,13+,16-,17+;;. The van der Waals surface area contributed by atoms with Crippen LogP contribution in [0.3, 0.4) is 0 Å². The number of aliphatic hydroxyl groups is 1. The maximum absolute atomic E-state index is 13.1. The Kier molecular flexibility index (Phi) is 7.79. The van der Waals surface area contributed by atoms with Gasteiger partial charge in [-0.3, -0.25) is 4.18 Å². The van der Waals surface area contributed by atoms with Gasteiger partial charge < -0.3 is 23.6 Å². The number of carbonyl (C=O) groups is 1. The number of carbonyl (C=O) groups excluding carboxylic acids is 1. The summed E-state index contributed by atoms with van der Waals surface area (Å²) in [6.45, 7) is 0. The van der Waals surface area contributed by atoms with Crippen molar-refractivity contribution in [3.63, 3.8) is 0 Å². The van der Waals surface area contributed by atoms with E-state index in [-0.39, 0.29) is 23.1 Å². The van der Waals surface area contributed by atoms with Gasteiger partial charge in [-0.2, -0.15) is 0 Å². The average molecular weight is 585 g/mol. The van der Waals surface area contributed by atoms with Crippen LogP contribution in [0.5, 0.6) is 0 Å². The second kappa shape index (κ2) is 9.63. The number of morpholine rings is 1. The number of halogens is 1. The van der Waals surface area contributed by atoms with E-state index >= 15 is 0 Å². The average Bonchev–Trinajstić information content (AvgIpc) is 3.09. The van der Waals surface area contributed by atoms with Gasteiger partial charge in [-0.15, -0.1) is 39.7 Å². The zero-order chi connectivity index (χ0) is 23.3. The van der Waals surface area contributed by atoms with Crippen LogP contribution in [0.2, 0.25) is 0 Å². The fourth-order valence-electron chi connectivity index (χ4n) is 4.83. The molecule has 9 nitrogen and oxygen atoms in total. The van der Waals surface area contributed by atoms with E-state index in [1.807, 2.05) is 22.9 Å². The molecule has 3 aliphatic heterocycles. The minimum atomic E-state index is -4.41. The first-order valence-corrected chi connectivity index (χ1v) is 13.1. The molecule has 2 aromatic heterocycles. The van der Waals surface area contributed by atoms with Crippen molar-refractivity contribution < 1.29 is 41.0 Å². The first kappa shape index (κ1) is 26.7. The van der Waals surface area contributed by atoms with Gasteiger partial charge in [0.15, 0.2) is 0 Å². The third-order valence-corrected chi connectivity index (χ3v) is 8.93. The highest BCUT2D eigenvalue weighted by Gasteiger charge is 2.71. The molecule has 5 atom stereocenters. The molecule has 5 heterocycles. The van der Waals surface area contributed by atoms with Crippen LogP contribution in [0.25, 0.3) is 0 Å². The van der Waals surface area contributed by atoms with Crippen LogP contribution in [0.4, 0.5) is 0 Å². The maximum atomic E-state index is 13.1. The summed E-state index contributed by atoms with van der Waals surface area (Å²) in [4.78, 5) is 14.3. The molecule has 5 rings (SSSR count). The van der Waals surface area contributed by atoms with E-state index < -0.39 is 22.0 Å². The van der Waals surface area contributed by atoms with Gasteiger partial charge in [0.2, 0.25) is 16.0 Å². The number of hydrogen-bond acceptors (Lipinski definition) is 10. The van der Waals surface area contributed by atoms with Crippen LogP contribution in [-0.2, 0) is 34.5 Å². The number of epoxide rings is 1. The predicted octanol–water partition coefficient (Wildman–Crippen LogP) is 2.02. The lowest BCUT2D eigenvalue weighted by atomic mass is 9.95. The summed E-state index contributed by atoms with van der Waals surface area (Å²) >= 11 is 2.74. The van der Waals surface area contributed by atoms with Gasteiger partial charge in [0.25, 0.3) is 0 Å². The van der Waals surface area contributed by atoms with Crippen LogP contribution in [0.15, 0.2) is 35.0 Å². The summed E-state index contributed by atoms with van der Waals surface area (Å²) in [6, 6.07) is 8.01. The highest BCUT2D eigenvalue weighted by atomic mass is 79.9. The SMILES string of the molecule is Br.COS(=O)(=O)[O-].C[N+]1(C)[C@@H]2CC(OC(=O)C(O)(c3cccs3)c3cccs3)C[C@H]1[C@@H]1O[C@@H]12. The molecule has 13 heteroatoms. The lowest BCUT2D eigenvalue weighted by molar-refractivity contribution is -0.938. The van der Waals surface area contributed by atoms with Crippen molar-refractivity contribution in [2.75, 3.05) is 21.2 Å². The van der Waals surface area contributed by atoms with Crippen LogP contribution in [0.1, 0.15) is 22.6 Å². The van der Waals surface area contributed by atoms with Crippen LogP contribution in [0, 0.1) is 0 Å². The number of fused-ring (bicyclic) bond motifs is 5. The summed E-state index contributed by atoms with van der Waals surface area (Å²) < 4.78 is 43.7. The summed E-state index contributed by atoms with van der Waals surface area (Å²) in [5.41, 5.74) is -1.72. The number of piperidine rings is 1. The summed E-state index contributed by atoms with van der Waals surface area (Å²) in [6.07, 6.45) is 2.05. The second-order valence-electron chi connectivity index (χ2n) is 8.57. The smallest absolute Gasteiger partial charge is 0.349 e. The van der Waals surface area contributed by atoms with Gasteiger partial charge in [-0.25, -0.2) is 13.2 Å². The van der Waals surface area contributed by atoms with Gasteiger partial charge in [-0.05, 0) is 22.9 Å². The van der Waals surface area contributed by atoms with E-state index in [9.17, 15) is 22.9 Å². The van der Waals surface area contributed by atoms with Crippen molar-refractivity contribution in [2.24, 2.45) is 0 Å². The van der Waals surface area contributed by atoms with Crippen LogP contribution in [-0.4, -0.2) is 80.1 Å². The number of esters is 1. The van der Waals surface area contributed by atoms with E-state index in [4.69, 9.17) is 9.47 Å². The number of likely N-dealkylation sites (N-methyl/N-ethyl adjacent to an activating group) is 1. The quantitative estimate of drug-likeness (QED) is 0.186. The Balaban J connectivity index is 0.000000391. The topological polar surface area (TPSA) is 125 Å². The monoisotopic (exact) mass is 583 g/mol. The molecule has 3 saturated heterocycles. The Hall–Kier alpha value is -0.900. The Morgan fingerprint density at radius 3 is 1.97 bits per heavy atom. The molecule has 0 aromatic carbocycles. The highest BCUT2D eigenvalue weighted by Crippen LogP contribution is 2.52. The third-order valence-electron chi connectivity index (χ3n) is 6.57. The van der Waals surface area contributed by atoms with Crippen molar-refractivity contribution in [3.8, 4) is 0 Å². The number of hydrogen-bond donors (Lipinski definition) is 1. The lowest BCUT2D eigenvalue weighted by Crippen LogP contribution is -2.60. The number of rotatable bonds is 5. The summed E-state index contributed by atoms with van der Waals surface area (Å²) in [7, 11) is 0.889. The Morgan fingerprint density at radius 1 is 1.15 bits per heavy atom. The molecule has 33 heavy (non-hydrogen) atoms. The molecule has 184 valence electrons. The van der Waals surface area contributed by atoms with Crippen LogP contribution < -0.4 is 0 Å². The molecule has 2 bridgehead atoms. The number of quaternary nitrogens is 1. The summed E-state index contributed by atoms with van der Waals surface area (Å²) in [5, 5.41) is 15.1. The predicted molar refractivity (Wildman–Crippen MR) is 126 cm³/mol. The molecule has 0 amide bonds. The zero-order valence-electron chi connectivity index (χ0n) is 18.2. The van der Waals surface area contributed by atoms with Crippen molar-refractivity contribution in [1.29, 1.82) is 0 Å². The van der Waals surface area contributed by atoms with Crippen molar-refractivity contribution >= 4 is 56.0 Å². The van der Waals surface area contributed by atoms with E-state index in [2.05, 4.69) is 18.3 Å². The van der Waals surface area contributed by atoms with Crippen molar-refractivity contribution in [2.45, 2.75) is 48.8 Å². The van der Waals surface area contributed by atoms with E-state index in [1.165, 1.54) is 22.7 Å². The molecule has 3 aliphatic rings. The molecule has 2 aromatic rings. The molecule has 0 radical (unpaired) electrons. The minimum absolute atomic E-state index is 0. The second-order valence-corrected chi connectivity index (χ2v) is 11.6. The van der Waals surface area contributed by atoms with E-state index in [0.29, 0.717) is 34.0 Å². The number of nitrogens with zero attached hydrogens (tertiary/aromatic N) is 1. The van der Waals surface area contributed by atoms with Gasteiger partial charge in [-0.1, -0.05) is 12.1 Å². The first-order chi connectivity index (χ1) is 15.0. The Labute approximate surface area is 211 Å².